The van der Waals surface area contributed by atoms with E-state index in [-0.39, 0.29) is 0 Å². The number of benzene rings is 2. The van der Waals surface area contributed by atoms with Gasteiger partial charge in [0.25, 0.3) is 5.91 Å². The van der Waals surface area contributed by atoms with Gasteiger partial charge in [-0.3, -0.25) is 4.79 Å². The van der Waals surface area contributed by atoms with Gasteiger partial charge in [0.2, 0.25) is 0 Å². The SMILES string of the molecule is O=C(COC(=O)/C=C/c1ccc2c(c1)OCCCO2)Nc1cccc(Cl)c1. The van der Waals surface area contributed by atoms with Crippen LogP contribution in [0.5, 0.6) is 11.5 Å². The fourth-order valence-electron chi connectivity index (χ4n) is 2.40. The van der Waals surface area contributed by atoms with Crippen molar-refractivity contribution in [2.45, 2.75) is 6.42 Å². The van der Waals surface area contributed by atoms with Gasteiger partial charge in [0.1, 0.15) is 0 Å². The van der Waals surface area contributed by atoms with E-state index in [1.54, 1.807) is 42.5 Å². The lowest BCUT2D eigenvalue weighted by molar-refractivity contribution is -0.142. The van der Waals surface area contributed by atoms with E-state index >= 15 is 0 Å². The summed E-state index contributed by atoms with van der Waals surface area (Å²) in [5, 5.41) is 3.10. The standard InChI is InChI=1S/C20H18ClNO5/c21-15-3-1-4-16(12-15)22-19(23)13-27-20(24)8-6-14-5-7-17-18(11-14)26-10-2-9-25-17/h1,3-8,11-12H,2,9-10,13H2,(H,22,23)/b8-6+. The Morgan fingerprint density at radius 3 is 2.74 bits per heavy atom. The van der Waals surface area contributed by atoms with Crippen LogP contribution in [0.25, 0.3) is 6.08 Å². The molecule has 0 aliphatic carbocycles. The summed E-state index contributed by atoms with van der Waals surface area (Å²) in [6, 6.07) is 12.1. The molecule has 3 rings (SSSR count). The summed E-state index contributed by atoms with van der Waals surface area (Å²) in [5.41, 5.74) is 1.30. The van der Waals surface area contributed by atoms with Gasteiger partial charge in [-0.15, -0.1) is 0 Å². The van der Waals surface area contributed by atoms with Crippen LogP contribution >= 0.6 is 11.6 Å². The second kappa shape index (κ2) is 9.09. The van der Waals surface area contributed by atoms with Crippen LogP contribution in [0.4, 0.5) is 5.69 Å². The van der Waals surface area contributed by atoms with E-state index in [1.807, 2.05) is 6.07 Å². The fraction of sp³-hybridized carbons (Fsp3) is 0.200. The quantitative estimate of drug-likeness (QED) is 0.625. The maximum atomic E-state index is 11.8. The van der Waals surface area contributed by atoms with Gasteiger partial charge in [0, 0.05) is 23.2 Å². The van der Waals surface area contributed by atoms with Gasteiger partial charge in [0.05, 0.1) is 13.2 Å². The average molecular weight is 388 g/mol. The molecule has 0 radical (unpaired) electrons. The largest absolute Gasteiger partial charge is 0.490 e. The van der Waals surface area contributed by atoms with Gasteiger partial charge in [-0.1, -0.05) is 23.7 Å². The van der Waals surface area contributed by atoms with Crippen molar-refractivity contribution in [3.63, 3.8) is 0 Å². The molecule has 140 valence electrons. The molecule has 27 heavy (non-hydrogen) atoms. The molecule has 1 heterocycles. The third-order valence-corrected chi connectivity index (χ3v) is 3.87. The zero-order valence-corrected chi connectivity index (χ0v) is 15.2. The average Bonchev–Trinajstić information content (AvgIpc) is 2.89. The number of fused-ring (bicyclic) bond motifs is 1. The minimum Gasteiger partial charge on any atom is -0.490 e. The lowest BCUT2D eigenvalue weighted by Crippen LogP contribution is -2.20. The van der Waals surface area contributed by atoms with Crippen molar-refractivity contribution in [2.24, 2.45) is 0 Å². The Bertz CT molecular complexity index is 865. The van der Waals surface area contributed by atoms with Gasteiger partial charge >= 0.3 is 5.97 Å². The molecule has 0 spiro atoms. The molecule has 6 nitrogen and oxygen atoms in total. The predicted molar refractivity (Wildman–Crippen MR) is 102 cm³/mol. The number of esters is 1. The van der Waals surface area contributed by atoms with E-state index in [4.69, 9.17) is 25.8 Å². The minimum atomic E-state index is -0.622. The van der Waals surface area contributed by atoms with E-state index < -0.39 is 18.5 Å². The van der Waals surface area contributed by atoms with Crippen molar-refractivity contribution in [2.75, 3.05) is 25.1 Å². The maximum absolute atomic E-state index is 11.8. The highest BCUT2D eigenvalue weighted by molar-refractivity contribution is 6.30. The van der Waals surface area contributed by atoms with Crippen molar-refractivity contribution in [3.05, 3.63) is 59.1 Å². The monoisotopic (exact) mass is 387 g/mol. The van der Waals surface area contributed by atoms with Gasteiger partial charge < -0.3 is 19.5 Å². The summed E-state index contributed by atoms with van der Waals surface area (Å²) in [6.07, 6.45) is 3.67. The molecule has 0 fully saturated rings. The van der Waals surface area contributed by atoms with Gasteiger partial charge in [-0.05, 0) is 42.0 Å². The number of ether oxygens (including phenoxy) is 3. The summed E-state index contributed by atoms with van der Waals surface area (Å²) in [5.74, 6) is 0.256. The van der Waals surface area contributed by atoms with E-state index in [0.717, 1.165) is 12.0 Å². The predicted octanol–water partition coefficient (Wildman–Crippen LogP) is 3.70. The van der Waals surface area contributed by atoms with Gasteiger partial charge in [-0.25, -0.2) is 4.79 Å². The Balaban J connectivity index is 1.50. The summed E-state index contributed by atoms with van der Waals surface area (Å²) in [6.45, 7) is 0.812. The molecule has 0 bridgehead atoms. The van der Waals surface area contributed by atoms with Crippen LogP contribution in [-0.2, 0) is 14.3 Å². The molecule has 1 amide bonds. The second-order valence-electron chi connectivity index (χ2n) is 5.76. The Morgan fingerprint density at radius 2 is 1.93 bits per heavy atom. The summed E-state index contributed by atoms with van der Waals surface area (Å²) in [7, 11) is 0. The van der Waals surface area contributed by atoms with Gasteiger partial charge in [-0.2, -0.15) is 0 Å². The van der Waals surface area contributed by atoms with Crippen molar-refractivity contribution >= 4 is 35.2 Å². The van der Waals surface area contributed by atoms with Crippen LogP contribution in [-0.4, -0.2) is 31.7 Å². The van der Waals surface area contributed by atoms with Crippen molar-refractivity contribution < 1.29 is 23.8 Å². The zero-order chi connectivity index (χ0) is 19.1. The first-order valence-corrected chi connectivity index (χ1v) is 8.78. The number of hydrogen-bond acceptors (Lipinski definition) is 5. The first-order chi connectivity index (χ1) is 13.1. The molecule has 0 unspecified atom stereocenters. The Labute approximate surface area is 161 Å². The topological polar surface area (TPSA) is 73.9 Å². The third kappa shape index (κ3) is 5.76. The molecule has 1 aliphatic rings. The second-order valence-corrected chi connectivity index (χ2v) is 6.19. The van der Waals surface area contributed by atoms with E-state index in [9.17, 15) is 9.59 Å². The van der Waals surface area contributed by atoms with E-state index in [2.05, 4.69) is 5.32 Å². The third-order valence-electron chi connectivity index (χ3n) is 3.64. The number of rotatable bonds is 5. The molecular weight excluding hydrogens is 370 g/mol. The van der Waals surface area contributed by atoms with Crippen LogP contribution in [0.1, 0.15) is 12.0 Å². The van der Waals surface area contributed by atoms with Gasteiger partial charge in [0.15, 0.2) is 18.1 Å². The molecule has 7 heteroatoms. The smallest absolute Gasteiger partial charge is 0.331 e. The molecule has 0 saturated carbocycles. The normalized spacial score (nSPS) is 13.1. The number of carbonyl (C=O) groups excluding carboxylic acids is 2. The number of halogens is 1. The number of carbonyl (C=O) groups is 2. The number of amides is 1. The number of hydrogen-bond donors (Lipinski definition) is 1. The molecule has 1 N–H and O–H groups in total. The molecule has 2 aromatic rings. The maximum Gasteiger partial charge on any atom is 0.331 e. The highest BCUT2D eigenvalue weighted by Crippen LogP contribution is 2.30. The molecule has 0 atom stereocenters. The van der Waals surface area contributed by atoms with Crippen LogP contribution in [0, 0.1) is 0 Å². The van der Waals surface area contributed by atoms with E-state index in [1.165, 1.54) is 6.08 Å². The Kier molecular flexibility index (Phi) is 6.33. The highest BCUT2D eigenvalue weighted by atomic mass is 35.5. The van der Waals surface area contributed by atoms with Crippen LogP contribution in [0.3, 0.4) is 0 Å². The lowest BCUT2D eigenvalue weighted by Gasteiger charge is -2.07. The number of nitrogens with one attached hydrogen (secondary N) is 1. The first-order valence-electron chi connectivity index (χ1n) is 8.40. The summed E-state index contributed by atoms with van der Waals surface area (Å²) < 4.78 is 16.1. The Hall–Kier alpha value is -2.99. The highest BCUT2D eigenvalue weighted by Gasteiger charge is 2.10. The van der Waals surface area contributed by atoms with Crippen molar-refractivity contribution in [1.82, 2.24) is 0 Å². The van der Waals surface area contributed by atoms with Crippen LogP contribution in [0.2, 0.25) is 5.02 Å². The molecule has 1 aliphatic heterocycles. The first kappa shape index (κ1) is 18.8. The van der Waals surface area contributed by atoms with E-state index in [0.29, 0.717) is 35.4 Å². The van der Waals surface area contributed by atoms with Crippen LogP contribution < -0.4 is 14.8 Å². The Morgan fingerprint density at radius 1 is 1.11 bits per heavy atom. The molecule has 0 aromatic heterocycles. The minimum absolute atomic E-state index is 0.392. The summed E-state index contributed by atoms with van der Waals surface area (Å²) in [4.78, 5) is 23.6. The number of anilines is 1. The summed E-state index contributed by atoms with van der Waals surface area (Å²) >= 11 is 5.85. The molecule has 2 aromatic carbocycles. The van der Waals surface area contributed by atoms with Crippen LogP contribution in [0.15, 0.2) is 48.5 Å². The molecular formula is C20H18ClNO5. The zero-order valence-electron chi connectivity index (χ0n) is 14.4. The molecule has 0 saturated heterocycles. The fourth-order valence-corrected chi connectivity index (χ4v) is 2.59. The van der Waals surface area contributed by atoms with Crippen molar-refractivity contribution in [3.8, 4) is 11.5 Å². The van der Waals surface area contributed by atoms with Crippen molar-refractivity contribution in [1.29, 1.82) is 0 Å². The lowest BCUT2D eigenvalue weighted by atomic mass is 10.2.